The van der Waals surface area contributed by atoms with E-state index in [4.69, 9.17) is 4.74 Å². The summed E-state index contributed by atoms with van der Waals surface area (Å²) in [5.74, 6) is -1.81. The second-order valence-electron chi connectivity index (χ2n) is 4.45. The van der Waals surface area contributed by atoms with Crippen molar-refractivity contribution in [2.24, 2.45) is 0 Å². The van der Waals surface area contributed by atoms with Crippen LogP contribution in [0.3, 0.4) is 0 Å². The number of hydrogen-bond donors (Lipinski definition) is 0. The minimum Gasteiger partial charge on any atom is -0.462 e. The Labute approximate surface area is 139 Å². The summed E-state index contributed by atoms with van der Waals surface area (Å²) in [5, 5.41) is -0.144. The van der Waals surface area contributed by atoms with Gasteiger partial charge in [0, 0.05) is 0 Å². The molecule has 2 aromatic rings. The number of halogens is 3. The summed E-state index contributed by atoms with van der Waals surface area (Å²) in [6, 6.07) is 7.98. The number of alkyl halides is 3. The number of thiazole rings is 1. The van der Waals surface area contributed by atoms with E-state index < -0.39 is 35.3 Å². The van der Waals surface area contributed by atoms with Crippen LogP contribution in [-0.4, -0.2) is 23.5 Å². The zero-order chi connectivity index (χ0) is 17.7. The van der Waals surface area contributed by atoms with Gasteiger partial charge < -0.3 is 9.47 Å². The molecule has 0 saturated heterocycles. The molecule has 1 aromatic carbocycles. The lowest BCUT2D eigenvalue weighted by molar-refractivity contribution is -0.141. The molecule has 9 heteroatoms. The Morgan fingerprint density at radius 2 is 1.79 bits per heavy atom. The number of rotatable bonds is 5. The van der Waals surface area contributed by atoms with Crippen LogP contribution in [0, 0.1) is 0 Å². The highest BCUT2D eigenvalue weighted by atomic mass is 32.1. The number of carbonyl (C=O) groups is 2. The molecule has 0 radical (unpaired) electrons. The number of nitrogens with zero attached hydrogens (tertiary/aromatic N) is 1. The first-order valence-electron chi connectivity index (χ1n) is 6.79. The number of ether oxygens (including phenoxy) is 2. The summed E-state index contributed by atoms with van der Waals surface area (Å²) >= 11 is 0.489. The first kappa shape index (κ1) is 17.9. The Hall–Kier alpha value is -2.42. The number of hydrogen-bond acceptors (Lipinski definition) is 6. The van der Waals surface area contributed by atoms with Crippen molar-refractivity contribution >= 4 is 23.3 Å². The van der Waals surface area contributed by atoms with Crippen LogP contribution < -0.4 is 0 Å². The van der Waals surface area contributed by atoms with Crippen LogP contribution in [0.15, 0.2) is 30.3 Å². The zero-order valence-corrected chi connectivity index (χ0v) is 13.2. The third-order valence-electron chi connectivity index (χ3n) is 2.74. The minimum absolute atomic E-state index is 0.0631. The highest BCUT2D eigenvalue weighted by Gasteiger charge is 2.40. The molecule has 0 saturated carbocycles. The van der Waals surface area contributed by atoms with Gasteiger partial charge >= 0.3 is 18.1 Å². The molecule has 1 heterocycles. The Morgan fingerprint density at radius 3 is 2.38 bits per heavy atom. The van der Waals surface area contributed by atoms with E-state index in [1.54, 1.807) is 18.2 Å². The molecular weight excluding hydrogens is 347 g/mol. The van der Waals surface area contributed by atoms with Gasteiger partial charge in [0.25, 0.3) is 0 Å². The van der Waals surface area contributed by atoms with Crippen molar-refractivity contribution in [2.45, 2.75) is 19.7 Å². The van der Waals surface area contributed by atoms with Gasteiger partial charge in [0.05, 0.1) is 12.2 Å². The molecule has 0 aliphatic rings. The molecule has 0 aliphatic heterocycles. The maximum Gasteiger partial charge on any atom is 0.435 e. The fourth-order valence-corrected chi connectivity index (χ4v) is 2.63. The number of benzene rings is 1. The largest absolute Gasteiger partial charge is 0.462 e. The molecule has 0 fully saturated rings. The Kier molecular flexibility index (Phi) is 5.55. The molecular formula is C15H12F3NO4S. The smallest absolute Gasteiger partial charge is 0.435 e. The van der Waals surface area contributed by atoms with Gasteiger partial charge in [0.2, 0.25) is 0 Å². The van der Waals surface area contributed by atoms with Crippen LogP contribution in [0.5, 0.6) is 0 Å². The van der Waals surface area contributed by atoms with Crippen molar-refractivity contribution < 1.29 is 32.2 Å². The quantitative estimate of drug-likeness (QED) is 0.762. The predicted molar refractivity (Wildman–Crippen MR) is 78.6 cm³/mol. The monoisotopic (exact) mass is 359 g/mol. The Balaban J connectivity index is 2.16. The number of carbonyl (C=O) groups excluding carboxylic acids is 2. The average molecular weight is 359 g/mol. The van der Waals surface area contributed by atoms with E-state index in [1.165, 1.54) is 19.1 Å². The van der Waals surface area contributed by atoms with Crippen molar-refractivity contribution in [3.8, 4) is 0 Å². The summed E-state index contributed by atoms with van der Waals surface area (Å²) in [6.07, 6.45) is -4.81. The molecule has 2 rings (SSSR count). The predicted octanol–water partition coefficient (Wildman–Crippen LogP) is 3.70. The van der Waals surface area contributed by atoms with Crippen LogP contribution in [0.25, 0.3) is 0 Å². The van der Waals surface area contributed by atoms with Crippen molar-refractivity contribution in [1.29, 1.82) is 0 Å². The fraction of sp³-hybridized carbons (Fsp3) is 0.267. The molecule has 0 amide bonds. The maximum atomic E-state index is 13.0. The first-order valence-corrected chi connectivity index (χ1v) is 7.60. The van der Waals surface area contributed by atoms with Crippen molar-refractivity contribution in [2.75, 3.05) is 6.61 Å². The van der Waals surface area contributed by atoms with Gasteiger partial charge in [-0.25, -0.2) is 14.6 Å². The lowest BCUT2D eigenvalue weighted by Crippen LogP contribution is -2.13. The summed E-state index contributed by atoms with van der Waals surface area (Å²) in [7, 11) is 0. The lowest BCUT2D eigenvalue weighted by atomic mass is 10.2. The topological polar surface area (TPSA) is 65.5 Å². The second kappa shape index (κ2) is 7.43. The van der Waals surface area contributed by atoms with Crippen LogP contribution in [0.1, 0.15) is 37.7 Å². The van der Waals surface area contributed by atoms with Crippen LogP contribution in [-0.2, 0) is 22.3 Å². The van der Waals surface area contributed by atoms with Gasteiger partial charge in [-0.15, -0.1) is 11.3 Å². The average Bonchev–Trinajstić information content (AvgIpc) is 2.98. The van der Waals surface area contributed by atoms with Gasteiger partial charge in [-0.05, 0) is 19.1 Å². The fourth-order valence-electron chi connectivity index (χ4n) is 1.74. The number of esters is 2. The van der Waals surface area contributed by atoms with Gasteiger partial charge in [-0.2, -0.15) is 13.2 Å². The SMILES string of the molecule is CCOC(=O)c1sc(COC(=O)c2ccccc2)nc1C(F)(F)F. The number of aromatic nitrogens is 1. The zero-order valence-electron chi connectivity index (χ0n) is 12.4. The normalized spacial score (nSPS) is 11.2. The molecule has 128 valence electrons. The molecule has 0 spiro atoms. The highest BCUT2D eigenvalue weighted by Crippen LogP contribution is 2.35. The van der Waals surface area contributed by atoms with Gasteiger partial charge in [-0.3, -0.25) is 0 Å². The van der Waals surface area contributed by atoms with Gasteiger partial charge in [0.1, 0.15) is 16.5 Å². The van der Waals surface area contributed by atoms with Gasteiger partial charge in [-0.1, -0.05) is 18.2 Å². The summed E-state index contributed by atoms with van der Waals surface area (Å²) < 4.78 is 48.4. The summed E-state index contributed by atoms with van der Waals surface area (Å²) in [5.41, 5.74) is -1.08. The van der Waals surface area contributed by atoms with Gasteiger partial charge in [0.15, 0.2) is 5.69 Å². The third-order valence-corrected chi connectivity index (χ3v) is 3.75. The van der Waals surface area contributed by atoms with Crippen LogP contribution in [0.2, 0.25) is 0 Å². The van der Waals surface area contributed by atoms with Crippen molar-refractivity contribution in [3.63, 3.8) is 0 Å². The molecule has 0 N–H and O–H groups in total. The van der Waals surface area contributed by atoms with Crippen molar-refractivity contribution in [1.82, 2.24) is 4.98 Å². The maximum absolute atomic E-state index is 13.0. The second-order valence-corrected chi connectivity index (χ2v) is 5.53. The van der Waals surface area contributed by atoms with Crippen LogP contribution >= 0.6 is 11.3 Å². The standard InChI is InChI=1S/C15H12F3NO4S/c1-2-22-14(21)11-12(15(16,17)18)19-10(24-11)8-23-13(20)9-6-4-3-5-7-9/h3-7H,2,8H2,1H3. The Morgan fingerprint density at radius 1 is 1.12 bits per heavy atom. The van der Waals surface area contributed by atoms with E-state index in [9.17, 15) is 22.8 Å². The van der Waals surface area contributed by atoms with E-state index in [0.29, 0.717) is 11.3 Å². The third kappa shape index (κ3) is 4.31. The molecule has 0 unspecified atom stereocenters. The summed E-state index contributed by atoms with van der Waals surface area (Å²) in [4.78, 5) is 26.1. The van der Waals surface area contributed by atoms with E-state index in [2.05, 4.69) is 9.72 Å². The van der Waals surface area contributed by atoms with Crippen LogP contribution in [0.4, 0.5) is 13.2 Å². The van der Waals surface area contributed by atoms with E-state index in [0.717, 1.165) is 0 Å². The molecule has 1 aromatic heterocycles. The first-order chi connectivity index (χ1) is 11.3. The van der Waals surface area contributed by atoms with E-state index in [-0.39, 0.29) is 17.2 Å². The highest BCUT2D eigenvalue weighted by molar-refractivity contribution is 7.13. The van der Waals surface area contributed by atoms with E-state index >= 15 is 0 Å². The summed E-state index contributed by atoms with van der Waals surface area (Å²) in [6.45, 7) is 0.946. The Bertz CT molecular complexity index is 728. The van der Waals surface area contributed by atoms with Crippen molar-refractivity contribution in [3.05, 3.63) is 51.5 Å². The molecule has 0 atom stereocenters. The lowest BCUT2D eigenvalue weighted by Gasteiger charge is -2.05. The van der Waals surface area contributed by atoms with E-state index in [1.807, 2.05) is 0 Å². The molecule has 0 bridgehead atoms. The molecule has 5 nitrogen and oxygen atoms in total. The molecule has 0 aliphatic carbocycles. The molecule has 24 heavy (non-hydrogen) atoms. The minimum atomic E-state index is -4.81.